The molecule has 2 nitrogen and oxygen atoms in total. The van der Waals surface area contributed by atoms with Gasteiger partial charge in [0.25, 0.3) is 0 Å². The van der Waals surface area contributed by atoms with Crippen molar-refractivity contribution in [1.29, 1.82) is 0 Å². The predicted octanol–water partition coefficient (Wildman–Crippen LogP) is 6.75. The topological polar surface area (TPSA) is 34.1 Å². The largest absolute Gasteiger partial charge is 0.309 e. The van der Waals surface area contributed by atoms with Crippen LogP contribution in [0.4, 0.5) is 0 Å². The summed E-state index contributed by atoms with van der Waals surface area (Å²) in [4.78, 5) is 0. The third kappa shape index (κ3) is 2.71. The zero-order chi connectivity index (χ0) is 20.1. The molecule has 0 aromatic heterocycles. The zero-order valence-electron chi connectivity index (χ0n) is 16.6. The fraction of sp³-hybridized carbons (Fsp3) is 0.167. The first-order valence-electron chi connectivity index (χ1n) is 9.42. The molecule has 0 aliphatic carbocycles. The van der Waals surface area contributed by atoms with E-state index >= 15 is 0 Å². The van der Waals surface area contributed by atoms with Crippen molar-refractivity contribution < 1.29 is 9.13 Å². The summed E-state index contributed by atoms with van der Waals surface area (Å²) in [6.45, 7) is 8.01. The summed E-state index contributed by atoms with van der Waals surface area (Å²) < 4.78 is 28.8. The maximum atomic E-state index is 14.4. The fourth-order valence-corrected chi connectivity index (χ4v) is 11.1. The van der Waals surface area contributed by atoms with Gasteiger partial charge in [-0.1, -0.05) is 60.7 Å². The molecule has 2 aromatic carbocycles. The Morgan fingerprint density at radius 1 is 0.536 bits per heavy atom. The molecule has 2 aliphatic heterocycles. The normalized spacial score (nSPS) is 27.3. The van der Waals surface area contributed by atoms with Crippen molar-refractivity contribution >= 4 is 24.9 Å². The van der Waals surface area contributed by atoms with Crippen LogP contribution in [0.15, 0.2) is 105 Å². The van der Waals surface area contributed by atoms with Crippen LogP contribution in [0.2, 0.25) is 0 Å². The quantitative estimate of drug-likeness (QED) is 0.529. The standard InChI is InChI=1S/C24H24O2P2/c1-17-15-27(25,21-11-7-5-8-12-21)23(19(17)3)24-20(4)18(2)16-28(24,26)22-13-9-6-10-14-22/h5-16H,1-4H3/t27-,28-/m0/s1. The highest BCUT2D eigenvalue weighted by atomic mass is 31.2. The van der Waals surface area contributed by atoms with Crippen LogP contribution >= 0.6 is 14.3 Å². The summed E-state index contributed by atoms with van der Waals surface area (Å²) >= 11 is 0. The van der Waals surface area contributed by atoms with E-state index in [0.29, 0.717) is 0 Å². The van der Waals surface area contributed by atoms with Gasteiger partial charge in [0.15, 0.2) is 14.3 Å². The van der Waals surface area contributed by atoms with Crippen molar-refractivity contribution in [3.63, 3.8) is 0 Å². The van der Waals surface area contributed by atoms with E-state index < -0.39 is 14.3 Å². The van der Waals surface area contributed by atoms with Crippen LogP contribution in [-0.4, -0.2) is 0 Å². The maximum Gasteiger partial charge on any atom is 0.165 e. The molecule has 2 aliphatic rings. The Kier molecular flexibility index (Phi) is 4.61. The summed E-state index contributed by atoms with van der Waals surface area (Å²) in [7, 11) is -6.01. The van der Waals surface area contributed by atoms with Crippen LogP contribution in [0, 0.1) is 0 Å². The Labute approximate surface area is 167 Å². The second-order valence-electron chi connectivity index (χ2n) is 7.56. The molecule has 0 radical (unpaired) electrons. The molecule has 4 rings (SSSR count). The summed E-state index contributed by atoms with van der Waals surface area (Å²) in [5.41, 5.74) is 3.99. The third-order valence-corrected chi connectivity index (χ3v) is 12.1. The number of allylic oxidation sites excluding steroid dienone is 6. The molecule has 0 amide bonds. The second-order valence-corrected chi connectivity index (χ2v) is 12.6. The van der Waals surface area contributed by atoms with Gasteiger partial charge in [0, 0.05) is 21.2 Å². The maximum absolute atomic E-state index is 14.4. The highest BCUT2D eigenvalue weighted by Crippen LogP contribution is 2.74. The molecule has 0 saturated heterocycles. The minimum absolute atomic E-state index is 0.772. The average Bonchev–Trinajstić information content (AvgIpc) is 3.07. The van der Waals surface area contributed by atoms with Gasteiger partial charge in [-0.25, -0.2) is 0 Å². The molecule has 2 atom stereocenters. The minimum Gasteiger partial charge on any atom is -0.309 e. The Morgan fingerprint density at radius 2 is 0.857 bits per heavy atom. The minimum atomic E-state index is -3.00. The number of hydrogen-bond donors (Lipinski definition) is 0. The lowest BCUT2D eigenvalue weighted by Gasteiger charge is -2.24. The van der Waals surface area contributed by atoms with E-state index in [4.69, 9.17) is 0 Å². The van der Waals surface area contributed by atoms with Gasteiger partial charge >= 0.3 is 0 Å². The van der Waals surface area contributed by atoms with E-state index in [0.717, 1.165) is 43.5 Å². The highest BCUT2D eigenvalue weighted by Gasteiger charge is 2.45. The van der Waals surface area contributed by atoms with Crippen LogP contribution in [0.1, 0.15) is 27.7 Å². The van der Waals surface area contributed by atoms with Crippen LogP contribution in [0.25, 0.3) is 0 Å². The van der Waals surface area contributed by atoms with Crippen LogP contribution in [-0.2, 0) is 9.13 Å². The lowest BCUT2D eigenvalue weighted by molar-refractivity contribution is 0.587. The molecular formula is C24H24O2P2. The molecule has 0 spiro atoms. The van der Waals surface area contributed by atoms with Crippen LogP contribution in [0.5, 0.6) is 0 Å². The van der Waals surface area contributed by atoms with Gasteiger partial charge in [0.2, 0.25) is 0 Å². The van der Waals surface area contributed by atoms with Crippen molar-refractivity contribution in [1.82, 2.24) is 0 Å². The summed E-state index contributed by atoms with van der Waals surface area (Å²) in [5, 5.41) is 3.14. The molecule has 0 saturated carbocycles. The van der Waals surface area contributed by atoms with Crippen LogP contribution in [0.3, 0.4) is 0 Å². The van der Waals surface area contributed by atoms with Gasteiger partial charge in [-0.3, -0.25) is 0 Å². The monoisotopic (exact) mass is 406 g/mol. The fourth-order valence-electron chi connectivity index (χ4n) is 4.12. The van der Waals surface area contributed by atoms with Crippen molar-refractivity contribution in [3.05, 3.63) is 105 Å². The molecule has 28 heavy (non-hydrogen) atoms. The van der Waals surface area contributed by atoms with E-state index in [2.05, 4.69) is 0 Å². The first-order chi connectivity index (χ1) is 13.3. The van der Waals surface area contributed by atoms with E-state index in [-0.39, 0.29) is 0 Å². The molecule has 2 heterocycles. The molecule has 2 aromatic rings. The first kappa shape index (κ1) is 19.2. The van der Waals surface area contributed by atoms with Crippen molar-refractivity contribution in [2.24, 2.45) is 0 Å². The third-order valence-electron chi connectivity index (χ3n) is 5.81. The molecule has 4 heteroatoms. The van der Waals surface area contributed by atoms with E-state index in [1.54, 1.807) is 0 Å². The SMILES string of the molecule is CC1=C[P@](=O)(c2ccccc2)C(C2=C(C)C(C)=C[P@]2(=O)c2ccccc2)=C1C. The first-order valence-corrected chi connectivity index (χ1v) is 13.0. The molecule has 0 bridgehead atoms. The smallest absolute Gasteiger partial charge is 0.165 e. The Bertz CT molecular complexity index is 1080. The predicted molar refractivity (Wildman–Crippen MR) is 120 cm³/mol. The highest BCUT2D eigenvalue weighted by molar-refractivity contribution is 7.84. The van der Waals surface area contributed by atoms with Crippen molar-refractivity contribution in [3.8, 4) is 0 Å². The van der Waals surface area contributed by atoms with Crippen molar-refractivity contribution in [2.75, 3.05) is 0 Å². The van der Waals surface area contributed by atoms with Gasteiger partial charge in [-0.2, -0.15) is 0 Å². The van der Waals surface area contributed by atoms with Gasteiger partial charge in [-0.05, 0) is 61.6 Å². The Hall–Kier alpha value is -2.14. The lowest BCUT2D eigenvalue weighted by Crippen LogP contribution is -2.09. The van der Waals surface area contributed by atoms with Crippen LogP contribution < -0.4 is 10.6 Å². The zero-order valence-corrected chi connectivity index (χ0v) is 18.4. The van der Waals surface area contributed by atoms with Gasteiger partial charge < -0.3 is 9.13 Å². The van der Waals surface area contributed by atoms with Gasteiger partial charge in [-0.15, -0.1) is 0 Å². The average molecular weight is 406 g/mol. The number of rotatable bonds is 3. The summed E-state index contributed by atoms with van der Waals surface area (Å²) in [5.74, 6) is 3.80. The van der Waals surface area contributed by atoms with Crippen molar-refractivity contribution in [2.45, 2.75) is 27.7 Å². The van der Waals surface area contributed by atoms with E-state index in [1.165, 1.54) is 0 Å². The molecule has 0 unspecified atom stereocenters. The van der Waals surface area contributed by atoms with Gasteiger partial charge in [0.05, 0.1) is 0 Å². The Morgan fingerprint density at radius 3 is 1.18 bits per heavy atom. The summed E-state index contributed by atoms with van der Waals surface area (Å²) in [6.07, 6.45) is 0. The number of hydrogen-bond acceptors (Lipinski definition) is 2. The second kappa shape index (κ2) is 6.73. The van der Waals surface area contributed by atoms with Gasteiger partial charge in [0.1, 0.15) is 0 Å². The molecule has 142 valence electrons. The molecular weight excluding hydrogens is 382 g/mol. The molecule has 0 N–H and O–H groups in total. The van der Waals surface area contributed by atoms with E-state index in [1.807, 2.05) is 100.0 Å². The lowest BCUT2D eigenvalue weighted by atomic mass is 10.1. The Balaban J connectivity index is 2.01. The molecule has 0 fully saturated rings. The van der Waals surface area contributed by atoms with E-state index in [9.17, 15) is 9.13 Å². The number of benzene rings is 2. The summed E-state index contributed by atoms with van der Waals surface area (Å²) in [6, 6.07) is 19.2.